The van der Waals surface area contributed by atoms with Crippen LogP contribution < -0.4 is 4.74 Å². The predicted octanol–water partition coefficient (Wildman–Crippen LogP) is 5.77. The molecule has 0 amide bonds. The molecule has 0 unspecified atom stereocenters. The Hall–Kier alpha value is -3.92. The first-order valence-electron chi connectivity index (χ1n) is 9.65. The quantitative estimate of drug-likeness (QED) is 0.307. The second-order valence-corrected chi connectivity index (χ2v) is 6.80. The average molecular weight is 395 g/mol. The van der Waals surface area contributed by atoms with Gasteiger partial charge in [0.2, 0.25) is 0 Å². The van der Waals surface area contributed by atoms with Crippen LogP contribution in [0.3, 0.4) is 0 Å². The van der Waals surface area contributed by atoms with E-state index in [-0.39, 0.29) is 5.97 Å². The van der Waals surface area contributed by atoms with Gasteiger partial charge in [-0.25, -0.2) is 9.78 Å². The van der Waals surface area contributed by atoms with Crippen molar-refractivity contribution in [3.05, 3.63) is 107 Å². The zero-order valence-electron chi connectivity index (χ0n) is 16.6. The molecule has 0 aliphatic carbocycles. The van der Waals surface area contributed by atoms with Crippen molar-refractivity contribution >= 4 is 29.0 Å². The number of benzene rings is 3. The van der Waals surface area contributed by atoms with Crippen LogP contribution in [-0.4, -0.2) is 18.1 Å². The number of nitrogens with zero attached hydrogens (tertiary/aromatic N) is 1. The Morgan fingerprint density at radius 2 is 1.67 bits per heavy atom. The minimum Gasteiger partial charge on any atom is -0.487 e. The van der Waals surface area contributed by atoms with Crippen molar-refractivity contribution in [3.8, 4) is 5.75 Å². The summed E-state index contributed by atoms with van der Waals surface area (Å²) in [5.74, 6) is 0.449. The molecule has 4 nitrogen and oxygen atoms in total. The van der Waals surface area contributed by atoms with Crippen molar-refractivity contribution < 1.29 is 14.3 Å². The van der Waals surface area contributed by atoms with Crippen LogP contribution in [-0.2, 0) is 11.3 Å². The van der Waals surface area contributed by atoms with Crippen molar-refractivity contribution in [2.45, 2.75) is 6.61 Å². The van der Waals surface area contributed by atoms with E-state index in [9.17, 15) is 4.79 Å². The van der Waals surface area contributed by atoms with Crippen LogP contribution >= 0.6 is 0 Å². The SMILES string of the molecule is COC(=O)c1ccc(C=Cc2cccc(OCc3ccc4ccccc4n3)c2)cc1. The lowest BCUT2D eigenvalue weighted by Crippen LogP contribution is -2.00. The Morgan fingerprint density at radius 1 is 0.867 bits per heavy atom. The number of pyridine rings is 1. The third kappa shape index (κ3) is 4.73. The summed E-state index contributed by atoms with van der Waals surface area (Å²) >= 11 is 0. The van der Waals surface area contributed by atoms with Crippen molar-refractivity contribution in [2.24, 2.45) is 0 Å². The van der Waals surface area contributed by atoms with Gasteiger partial charge in [-0.1, -0.05) is 60.7 Å². The van der Waals surface area contributed by atoms with Crippen molar-refractivity contribution in [3.63, 3.8) is 0 Å². The van der Waals surface area contributed by atoms with Gasteiger partial charge in [0.15, 0.2) is 0 Å². The van der Waals surface area contributed by atoms with Crippen LogP contribution in [0.1, 0.15) is 27.2 Å². The average Bonchev–Trinajstić information content (AvgIpc) is 2.81. The number of ether oxygens (including phenoxy) is 2. The lowest BCUT2D eigenvalue weighted by Gasteiger charge is -2.07. The molecule has 1 heterocycles. The van der Waals surface area contributed by atoms with E-state index >= 15 is 0 Å². The number of methoxy groups -OCH3 is 1. The summed E-state index contributed by atoms with van der Waals surface area (Å²) in [4.78, 5) is 16.2. The molecular weight excluding hydrogens is 374 g/mol. The maximum Gasteiger partial charge on any atom is 0.337 e. The highest BCUT2D eigenvalue weighted by atomic mass is 16.5. The summed E-state index contributed by atoms with van der Waals surface area (Å²) in [5.41, 5.74) is 4.41. The molecule has 0 bridgehead atoms. The third-order valence-corrected chi connectivity index (χ3v) is 4.70. The van der Waals surface area contributed by atoms with Crippen molar-refractivity contribution in [1.82, 2.24) is 4.98 Å². The van der Waals surface area contributed by atoms with E-state index in [2.05, 4.69) is 11.1 Å². The van der Waals surface area contributed by atoms with Crippen LogP contribution in [0.25, 0.3) is 23.1 Å². The normalized spacial score (nSPS) is 11.0. The van der Waals surface area contributed by atoms with Crippen molar-refractivity contribution in [1.29, 1.82) is 0 Å². The molecule has 0 fully saturated rings. The first kappa shape index (κ1) is 19.4. The first-order valence-corrected chi connectivity index (χ1v) is 9.65. The maximum atomic E-state index is 11.5. The molecule has 0 N–H and O–H groups in total. The molecule has 3 aromatic carbocycles. The number of para-hydroxylation sites is 1. The Labute approximate surface area is 175 Å². The van der Waals surface area contributed by atoms with Gasteiger partial charge in [-0.15, -0.1) is 0 Å². The highest BCUT2D eigenvalue weighted by Gasteiger charge is 2.03. The number of fused-ring (bicyclic) bond motifs is 1. The second kappa shape index (κ2) is 9.05. The van der Waals surface area contributed by atoms with Crippen LogP contribution in [0.5, 0.6) is 5.75 Å². The van der Waals surface area contributed by atoms with E-state index in [0.29, 0.717) is 12.2 Å². The van der Waals surface area contributed by atoms with E-state index in [1.807, 2.05) is 78.9 Å². The molecule has 0 aliphatic rings. The van der Waals surface area contributed by atoms with Crippen LogP contribution in [0.15, 0.2) is 84.9 Å². The Bertz CT molecular complexity index is 1200. The molecule has 0 saturated heterocycles. The second-order valence-electron chi connectivity index (χ2n) is 6.80. The molecule has 0 aliphatic heterocycles. The number of hydrogen-bond acceptors (Lipinski definition) is 4. The lowest BCUT2D eigenvalue weighted by molar-refractivity contribution is 0.0600. The van der Waals surface area contributed by atoms with E-state index in [4.69, 9.17) is 9.47 Å². The molecule has 148 valence electrons. The Morgan fingerprint density at radius 3 is 2.50 bits per heavy atom. The Kier molecular flexibility index (Phi) is 5.85. The molecule has 0 radical (unpaired) electrons. The van der Waals surface area contributed by atoms with Gasteiger partial charge in [0, 0.05) is 5.39 Å². The number of esters is 1. The van der Waals surface area contributed by atoms with Gasteiger partial charge in [0.1, 0.15) is 12.4 Å². The minimum atomic E-state index is -0.337. The van der Waals surface area contributed by atoms with Crippen LogP contribution in [0.4, 0.5) is 0 Å². The number of hydrogen-bond donors (Lipinski definition) is 0. The molecule has 1 aromatic heterocycles. The van der Waals surface area contributed by atoms with Crippen LogP contribution in [0, 0.1) is 0 Å². The molecule has 4 aromatic rings. The molecule has 4 heteroatoms. The Balaban J connectivity index is 1.41. The van der Waals surface area contributed by atoms with Gasteiger partial charge < -0.3 is 9.47 Å². The standard InChI is InChI=1S/C26H21NO3/c1-29-26(28)22-13-11-19(12-14-22)9-10-20-5-4-7-24(17-20)30-18-23-16-15-21-6-2-3-8-25(21)27-23/h2-17H,18H2,1H3. The van der Waals surface area contributed by atoms with Gasteiger partial charge in [0.05, 0.1) is 23.9 Å². The van der Waals surface area contributed by atoms with Gasteiger partial charge in [0.25, 0.3) is 0 Å². The zero-order chi connectivity index (χ0) is 20.8. The fraction of sp³-hybridized carbons (Fsp3) is 0.0769. The van der Waals surface area contributed by atoms with Gasteiger partial charge in [-0.3, -0.25) is 0 Å². The number of carbonyl (C=O) groups excluding carboxylic acids is 1. The molecule has 0 atom stereocenters. The zero-order valence-corrected chi connectivity index (χ0v) is 16.6. The molecular formula is C26H21NO3. The molecule has 4 rings (SSSR count). The smallest absolute Gasteiger partial charge is 0.337 e. The summed E-state index contributed by atoms with van der Waals surface area (Å²) in [5, 5.41) is 1.12. The fourth-order valence-electron chi connectivity index (χ4n) is 3.09. The summed E-state index contributed by atoms with van der Waals surface area (Å²) < 4.78 is 10.7. The predicted molar refractivity (Wildman–Crippen MR) is 119 cm³/mol. The van der Waals surface area contributed by atoms with Gasteiger partial charge in [-0.05, 0) is 47.5 Å². The highest BCUT2D eigenvalue weighted by Crippen LogP contribution is 2.18. The van der Waals surface area contributed by atoms with Gasteiger partial charge in [-0.2, -0.15) is 0 Å². The number of rotatable bonds is 6. The largest absolute Gasteiger partial charge is 0.487 e. The molecule has 30 heavy (non-hydrogen) atoms. The monoisotopic (exact) mass is 395 g/mol. The third-order valence-electron chi connectivity index (χ3n) is 4.70. The van der Waals surface area contributed by atoms with E-state index in [1.54, 1.807) is 12.1 Å². The van der Waals surface area contributed by atoms with Gasteiger partial charge >= 0.3 is 5.97 Å². The fourth-order valence-corrected chi connectivity index (χ4v) is 3.09. The van der Waals surface area contributed by atoms with Crippen LogP contribution in [0.2, 0.25) is 0 Å². The minimum absolute atomic E-state index is 0.337. The topological polar surface area (TPSA) is 48.4 Å². The van der Waals surface area contributed by atoms with E-state index in [0.717, 1.165) is 33.5 Å². The maximum absolute atomic E-state index is 11.5. The highest BCUT2D eigenvalue weighted by molar-refractivity contribution is 5.89. The molecule has 0 spiro atoms. The first-order chi connectivity index (χ1) is 14.7. The summed E-state index contributed by atoms with van der Waals surface area (Å²) in [7, 11) is 1.38. The number of aromatic nitrogens is 1. The summed E-state index contributed by atoms with van der Waals surface area (Å²) in [6.45, 7) is 0.410. The van der Waals surface area contributed by atoms with Crippen molar-refractivity contribution in [2.75, 3.05) is 7.11 Å². The summed E-state index contributed by atoms with van der Waals surface area (Å²) in [6.07, 6.45) is 4.00. The van der Waals surface area contributed by atoms with E-state index in [1.165, 1.54) is 7.11 Å². The van der Waals surface area contributed by atoms with E-state index < -0.39 is 0 Å². The number of carbonyl (C=O) groups is 1. The lowest BCUT2D eigenvalue weighted by atomic mass is 10.1. The summed E-state index contributed by atoms with van der Waals surface area (Å²) in [6, 6.07) is 27.3. The molecule has 0 saturated carbocycles.